The van der Waals surface area contributed by atoms with Gasteiger partial charge in [-0.3, -0.25) is 0 Å². The number of benzene rings is 1. The molecule has 0 amide bonds. The average molecular weight is 465 g/mol. The first-order valence-corrected chi connectivity index (χ1v) is 12.5. The summed E-state index contributed by atoms with van der Waals surface area (Å²) < 4.78 is 19.9. The number of halogens is 1. The van der Waals surface area contributed by atoms with Crippen molar-refractivity contribution in [2.24, 2.45) is 0 Å². The Kier molecular flexibility index (Phi) is 6.66. The van der Waals surface area contributed by atoms with Crippen LogP contribution in [0.4, 0.5) is 10.2 Å². The molecule has 0 unspecified atom stereocenters. The SMILES string of the molecule is CCN1CCC(O)(c2nc(-c3ccc(F)cc3)c(-c3ccnc(NC4CCCCC4)c3)o2)CC1. The number of nitrogens with zero attached hydrogens (tertiary/aromatic N) is 3. The van der Waals surface area contributed by atoms with Crippen LogP contribution in [0.3, 0.4) is 0 Å². The van der Waals surface area contributed by atoms with Crippen molar-refractivity contribution in [1.29, 1.82) is 0 Å². The minimum atomic E-state index is -1.12. The minimum Gasteiger partial charge on any atom is -0.437 e. The van der Waals surface area contributed by atoms with Crippen LogP contribution in [0.25, 0.3) is 22.6 Å². The van der Waals surface area contributed by atoms with E-state index in [-0.39, 0.29) is 5.82 Å². The van der Waals surface area contributed by atoms with Gasteiger partial charge in [0.15, 0.2) is 5.76 Å². The fourth-order valence-electron chi connectivity index (χ4n) is 5.08. The molecule has 0 radical (unpaired) electrons. The Morgan fingerprint density at radius 3 is 2.53 bits per heavy atom. The number of pyridine rings is 1. The van der Waals surface area contributed by atoms with Crippen molar-refractivity contribution >= 4 is 5.82 Å². The predicted molar refractivity (Wildman–Crippen MR) is 131 cm³/mol. The third-order valence-electron chi connectivity index (χ3n) is 7.25. The molecule has 0 atom stereocenters. The molecule has 3 aromatic rings. The first-order chi connectivity index (χ1) is 16.5. The summed E-state index contributed by atoms with van der Waals surface area (Å²) in [6.45, 7) is 4.67. The second-order valence-electron chi connectivity index (χ2n) is 9.58. The Labute approximate surface area is 200 Å². The average Bonchev–Trinajstić information content (AvgIpc) is 3.32. The molecule has 2 N–H and O–H groups in total. The molecule has 2 fully saturated rings. The van der Waals surface area contributed by atoms with Crippen molar-refractivity contribution in [2.75, 3.05) is 25.0 Å². The van der Waals surface area contributed by atoms with E-state index in [0.29, 0.717) is 36.2 Å². The number of aliphatic hydroxyl groups is 1. The van der Waals surface area contributed by atoms with Crippen LogP contribution in [-0.4, -0.2) is 45.7 Å². The summed E-state index contributed by atoms with van der Waals surface area (Å²) in [5.74, 6) is 1.41. The zero-order valence-corrected chi connectivity index (χ0v) is 19.8. The fourth-order valence-corrected chi connectivity index (χ4v) is 5.08. The summed E-state index contributed by atoms with van der Waals surface area (Å²) in [7, 11) is 0. The van der Waals surface area contributed by atoms with Gasteiger partial charge in [-0.05, 0) is 68.6 Å². The molecule has 5 rings (SSSR count). The van der Waals surface area contributed by atoms with Crippen LogP contribution in [0.5, 0.6) is 0 Å². The molecule has 1 saturated heterocycles. The highest BCUT2D eigenvalue weighted by Gasteiger charge is 2.39. The monoisotopic (exact) mass is 464 g/mol. The van der Waals surface area contributed by atoms with Crippen LogP contribution in [0.2, 0.25) is 0 Å². The normalized spacial score (nSPS) is 19.3. The first-order valence-electron chi connectivity index (χ1n) is 12.5. The van der Waals surface area contributed by atoms with Gasteiger partial charge in [0.05, 0.1) is 0 Å². The topological polar surface area (TPSA) is 74.4 Å². The molecule has 34 heavy (non-hydrogen) atoms. The number of hydrogen-bond acceptors (Lipinski definition) is 6. The Morgan fingerprint density at radius 2 is 1.82 bits per heavy atom. The van der Waals surface area contributed by atoms with E-state index in [9.17, 15) is 9.50 Å². The highest BCUT2D eigenvalue weighted by molar-refractivity contribution is 5.78. The lowest BCUT2D eigenvalue weighted by Crippen LogP contribution is -2.42. The largest absolute Gasteiger partial charge is 0.437 e. The van der Waals surface area contributed by atoms with E-state index in [1.807, 2.05) is 12.1 Å². The molecule has 1 aliphatic heterocycles. The molecule has 1 aliphatic carbocycles. The summed E-state index contributed by atoms with van der Waals surface area (Å²) in [6.07, 6.45) is 8.99. The lowest BCUT2D eigenvalue weighted by molar-refractivity contribution is -0.0447. The maximum absolute atomic E-state index is 13.6. The van der Waals surface area contributed by atoms with Crippen LogP contribution in [0.1, 0.15) is 57.8 Å². The van der Waals surface area contributed by atoms with Crippen LogP contribution < -0.4 is 5.32 Å². The van der Waals surface area contributed by atoms with Crippen LogP contribution >= 0.6 is 0 Å². The van der Waals surface area contributed by atoms with Crippen molar-refractivity contribution in [3.05, 3.63) is 54.3 Å². The third kappa shape index (κ3) is 4.86. The number of hydrogen-bond donors (Lipinski definition) is 2. The molecule has 0 spiro atoms. The van der Waals surface area contributed by atoms with Gasteiger partial charge in [-0.25, -0.2) is 14.4 Å². The highest BCUT2D eigenvalue weighted by atomic mass is 19.1. The summed E-state index contributed by atoms with van der Waals surface area (Å²) in [5.41, 5.74) is 1.08. The molecule has 1 aromatic carbocycles. The van der Waals surface area contributed by atoms with E-state index >= 15 is 0 Å². The number of piperidine rings is 1. The lowest BCUT2D eigenvalue weighted by atomic mass is 9.91. The summed E-state index contributed by atoms with van der Waals surface area (Å²) in [6, 6.07) is 10.6. The van der Waals surface area contributed by atoms with Crippen molar-refractivity contribution in [3.63, 3.8) is 0 Å². The zero-order valence-electron chi connectivity index (χ0n) is 19.8. The molecule has 2 aliphatic rings. The Morgan fingerprint density at radius 1 is 1.09 bits per heavy atom. The quantitative estimate of drug-likeness (QED) is 0.495. The van der Waals surface area contributed by atoms with Gasteiger partial charge in [-0.15, -0.1) is 0 Å². The molecule has 180 valence electrons. The van der Waals surface area contributed by atoms with Gasteiger partial charge in [0, 0.05) is 36.5 Å². The van der Waals surface area contributed by atoms with Gasteiger partial charge in [-0.2, -0.15) is 0 Å². The molecule has 0 bridgehead atoms. The molecule has 1 saturated carbocycles. The van der Waals surface area contributed by atoms with Gasteiger partial charge < -0.3 is 19.7 Å². The first kappa shape index (κ1) is 23.0. The fraction of sp³-hybridized carbons (Fsp3) is 0.481. The highest BCUT2D eigenvalue weighted by Crippen LogP contribution is 2.40. The number of rotatable bonds is 6. The van der Waals surface area contributed by atoms with Gasteiger partial charge >= 0.3 is 0 Å². The van der Waals surface area contributed by atoms with Gasteiger partial charge in [0.25, 0.3) is 0 Å². The van der Waals surface area contributed by atoms with Crippen molar-refractivity contribution in [2.45, 2.75) is 63.5 Å². The van der Waals surface area contributed by atoms with Crippen molar-refractivity contribution < 1.29 is 13.9 Å². The maximum atomic E-state index is 13.6. The van der Waals surface area contributed by atoms with Gasteiger partial charge in [0.2, 0.25) is 5.89 Å². The summed E-state index contributed by atoms with van der Waals surface area (Å²) in [5, 5.41) is 15.0. The Balaban J connectivity index is 1.50. The van der Waals surface area contributed by atoms with E-state index in [1.165, 1.54) is 31.4 Å². The number of anilines is 1. The van der Waals surface area contributed by atoms with E-state index in [1.54, 1.807) is 18.3 Å². The van der Waals surface area contributed by atoms with Gasteiger partial charge in [0.1, 0.15) is 22.9 Å². The van der Waals surface area contributed by atoms with Crippen LogP contribution in [0.15, 0.2) is 47.0 Å². The number of nitrogens with one attached hydrogen (secondary N) is 1. The Hall–Kier alpha value is -2.77. The zero-order chi connectivity index (χ0) is 23.5. The van der Waals surface area contributed by atoms with Crippen molar-refractivity contribution in [3.8, 4) is 22.6 Å². The Bertz CT molecular complexity index is 1100. The van der Waals surface area contributed by atoms with Crippen LogP contribution in [-0.2, 0) is 5.60 Å². The van der Waals surface area contributed by atoms with E-state index in [0.717, 1.165) is 49.4 Å². The molecule has 6 nitrogen and oxygen atoms in total. The standard InChI is InChI=1S/C27H33FN4O2/c1-2-32-16-13-27(33,14-17-32)26-31-24(19-8-10-21(28)11-9-19)25(34-26)20-12-15-29-23(18-20)30-22-6-4-3-5-7-22/h8-12,15,18,22,33H,2-7,13-14,16-17H2,1H3,(H,29,30). The summed E-state index contributed by atoms with van der Waals surface area (Å²) >= 11 is 0. The number of aromatic nitrogens is 2. The number of oxazole rings is 1. The van der Waals surface area contributed by atoms with Crippen LogP contribution in [0, 0.1) is 5.82 Å². The molecule has 2 aromatic heterocycles. The van der Waals surface area contributed by atoms with E-state index in [4.69, 9.17) is 9.40 Å². The second kappa shape index (κ2) is 9.84. The smallest absolute Gasteiger partial charge is 0.227 e. The molecule has 7 heteroatoms. The molecule has 3 heterocycles. The van der Waals surface area contributed by atoms with Gasteiger partial charge in [-0.1, -0.05) is 26.2 Å². The van der Waals surface area contributed by atoms with E-state index < -0.39 is 5.60 Å². The molecular formula is C27H33FN4O2. The van der Waals surface area contributed by atoms with Crippen molar-refractivity contribution in [1.82, 2.24) is 14.9 Å². The number of likely N-dealkylation sites (tertiary alicyclic amines) is 1. The van der Waals surface area contributed by atoms with E-state index in [2.05, 4.69) is 22.1 Å². The lowest BCUT2D eigenvalue weighted by Gasteiger charge is -2.35. The third-order valence-corrected chi connectivity index (χ3v) is 7.25. The second-order valence-corrected chi connectivity index (χ2v) is 9.58. The predicted octanol–water partition coefficient (Wildman–Crippen LogP) is 5.59. The molecular weight excluding hydrogens is 431 g/mol. The maximum Gasteiger partial charge on any atom is 0.227 e. The minimum absolute atomic E-state index is 0.303. The summed E-state index contributed by atoms with van der Waals surface area (Å²) in [4.78, 5) is 11.6.